The molecule has 3 saturated heterocycles. The van der Waals surface area contributed by atoms with E-state index in [1.165, 1.54) is 12.1 Å². The first-order valence-corrected chi connectivity index (χ1v) is 9.19. The van der Waals surface area contributed by atoms with Crippen molar-refractivity contribution in [3.63, 3.8) is 0 Å². The number of aryl methyl sites for hydroxylation is 1. The lowest BCUT2D eigenvalue weighted by Gasteiger charge is -2.43. The lowest BCUT2D eigenvalue weighted by Crippen LogP contribution is -2.48. The summed E-state index contributed by atoms with van der Waals surface area (Å²) in [5.74, 6) is 0. The van der Waals surface area contributed by atoms with Gasteiger partial charge in [0.05, 0.1) is 36.7 Å². The van der Waals surface area contributed by atoms with Gasteiger partial charge in [0.1, 0.15) is 0 Å². The van der Waals surface area contributed by atoms with Crippen molar-refractivity contribution < 1.29 is 30.7 Å². The molecule has 9 heteroatoms. The second-order valence-corrected chi connectivity index (χ2v) is 8.58. The van der Waals surface area contributed by atoms with Crippen molar-refractivity contribution in [2.45, 2.75) is 11.8 Å². The van der Waals surface area contributed by atoms with Gasteiger partial charge >= 0.3 is 7.82 Å². The largest absolute Gasteiger partial charge is 0.474 e. The average molecular weight is 334 g/mol. The van der Waals surface area contributed by atoms with Gasteiger partial charge in [-0.25, -0.2) is 4.57 Å². The SMILES string of the molecule is Cc1ccc(S(=O)(=O)OCC23COP(=O)(OC2)OC3)cc1. The van der Waals surface area contributed by atoms with Gasteiger partial charge in [-0.15, -0.1) is 0 Å². The molecule has 21 heavy (non-hydrogen) atoms. The predicted octanol–water partition coefficient (Wildman–Crippen LogP) is 1.87. The molecule has 4 rings (SSSR count). The summed E-state index contributed by atoms with van der Waals surface area (Å²) in [5.41, 5.74) is 0.210. The summed E-state index contributed by atoms with van der Waals surface area (Å²) in [5, 5.41) is 0. The molecule has 116 valence electrons. The molecule has 0 saturated carbocycles. The first-order valence-electron chi connectivity index (χ1n) is 6.32. The van der Waals surface area contributed by atoms with Gasteiger partial charge in [0, 0.05) is 0 Å². The summed E-state index contributed by atoms with van der Waals surface area (Å²) in [6.45, 7) is 1.99. The molecule has 0 atom stereocenters. The lowest BCUT2D eigenvalue weighted by molar-refractivity contribution is -0.109. The summed E-state index contributed by atoms with van der Waals surface area (Å²) in [7, 11) is -7.26. The molecule has 0 amide bonds. The molecule has 1 aromatic rings. The fraction of sp³-hybridized carbons (Fsp3) is 0.500. The van der Waals surface area contributed by atoms with Crippen LogP contribution in [0.4, 0.5) is 0 Å². The molecule has 0 aromatic heterocycles. The van der Waals surface area contributed by atoms with Crippen LogP contribution in [-0.4, -0.2) is 34.8 Å². The van der Waals surface area contributed by atoms with Crippen molar-refractivity contribution in [2.24, 2.45) is 5.41 Å². The molecule has 3 aliphatic rings. The van der Waals surface area contributed by atoms with Crippen molar-refractivity contribution in [3.8, 4) is 0 Å². The van der Waals surface area contributed by atoms with Gasteiger partial charge in [0.15, 0.2) is 0 Å². The Bertz CT molecular complexity index is 651. The molecular weight excluding hydrogens is 319 g/mol. The fourth-order valence-electron chi connectivity index (χ4n) is 1.99. The molecule has 3 fully saturated rings. The third-order valence-corrected chi connectivity index (χ3v) is 6.03. The topological polar surface area (TPSA) is 88.1 Å². The summed E-state index contributed by atoms with van der Waals surface area (Å²) < 4.78 is 55.9. The normalized spacial score (nSPS) is 32.2. The van der Waals surface area contributed by atoms with Crippen LogP contribution < -0.4 is 0 Å². The van der Waals surface area contributed by atoms with Gasteiger partial charge in [0.2, 0.25) is 0 Å². The van der Waals surface area contributed by atoms with E-state index in [9.17, 15) is 13.0 Å². The zero-order chi connectivity index (χ0) is 15.1. The van der Waals surface area contributed by atoms with E-state index in [2.05, 4.69) is 0 Å². The van der Waals surface area contributed by atoms with Crippen LogP contribution in [0.1, 0.15) is 5.56 Å². The third kappa shape index (κ3) is 3.06. The highest BCUT2D eigenvalue weighted by Crippen LogP contribution is 2.60. The second-order valence-electron chi connectivity index (χ2n) is 5.30. The van der Waals surface area contributed by atoms with E-state index < -0.39 is 23.4 Å². The summed E-state index contributed by atoms with van der Waals surface area (Å²) in [4.78, 5) is 0.0875. The number of phosphoric ester groups is 1. The van der Waals surface area contributed by atoms with Crippen LogP contribution in [0, 0.1) is 12.3 Å². The smallest absolute Gasteiger partial charge is 0.286 e. The van der Waals surface area contributed by atoms with Crippen LogP contribution in [0.5, 0.6) is 0 Å². The average Bonchev–Trinajstić information content (AvgIpc) is 2.48. The van der Waals surface area contributed by atoms with E-state index in [-0.39, 0.29) is 31.3 Å². The Morgan fingerprint density at radius 2 is 1.67 bits per heavy atom. The lowest BCUT2D eigenvalue weighted by atomic mass is 9.93. The van der Waals surface area contributed by atoms with E-state index in [1.807, 2.05) is 6.92 Å². The molecule has 0 aliphatic carbocycles. The Morgan fingerprint density at radius 3 is 2.19 bits per heavy atom. The highest BCUT2D eigenvalue weighted by Gasteiger charge is 2.51. The Labute approximate surface area is 122 Å². The molecule has 3 aliphatic heterocycles. The minimum atomic E-state index is -3.86. The number of rotatable bonds is 4. The van der Waals surface area contributed by atoms with Gasteiger partial charge in [-0.05, 0) is 19.1 Å². The molecule has 3 heterocycles. The van der Waals surface area contributed by atoms with Crippen molar-refractivity contribution in [3.05, 3.63) is 29.8 Å². The maximum absolute atomic E-state index is 12.1. The molecule has 2 bridgehead atoms. The number of hydrogen-bond acceptors (Lipinski definition) is 7. The van der Waals surface area contributed by atoms with Crippen molar-refractivity contribution >= 4 is 17.9 Å². The maximum atomic E-state index is 12.1. The van der Waals surface area contributed by atoms with E-state index in [4.69, 9.17) is 17.8 Å². The van der Waals surface area contributed by atoms with Crippen LogP contribution in [-0.2, 0) is 32.4 Å². The van der Waals surface area contributed by atoms with E-state index in [0.717, 1.165) is 5.56 Å². The Balaban J connectivity index is 1.70. The number of phosphoric acid groups is 1. The van der Waals surface area contributed by atoms with Crippen LogP contribution in [0.25, 0.3) is 0 Å². The molecular formula is C12H15O7PS. The number of fused-ring (bicyclic) bond motifs is 3. The summed E-state index contributed by atoms with van der Waals surface area (Å²) >= 11 is 0. The highest BCUT2D eigenvalue weighted by molar-refractivity contribution is 7.86. The van der Waals surface area contributed by atoms with Crippen molar-refractivity contribution in [1.29, 1.82) is 0 Å². The van der Waals surface area contributed by atoms with Crippen molar-refractivity contribution in [2.75, 3.05) is 26.4 Å². The van der Waals surface area contributed by atoms with Gasteiger partial charge in [-0.1, -0.05) is 17.7 Å². The summed E-state index contributed by atoms with van der Waals surface area (Å²) in [6, 6.07) is 6.37. The standard InChI is InChI=1S/C12H15O7PS/c1-10-2-4-11(5-3-10)21(14,15)19-9-12-6-16-20(13,17-7-12)18-8-12/h2-5H,6-9H2,1H3. The monoisotopic (exact) mass is 334 g/mol. The minimum absolute atomic E-state index is 0.0875. The number of benzene rings is 1. The first-order chi connectivity index (χ1) is 9.83. The molecule has 0 unspecified atom stereocenters. The van der Waals surface area contributed by atoms with Crippen LogP contribution in [0.15, 0.2) is 29.2 Å². The number of hydrogen-bond donors (Lipinski definition) is 0. The first kappa shape index (κ1) is 15.1. The van der Waals surface area contributed by atoms with Crippen LogP contribution in [0.3, 0.4) is 0 Å². The zero-order valence-corrected chi connectivity index (χ0v) is 13.1. The Kier molecular flexibility index (Phi) is 3.72. The second kappa shape index (κ2) is 5.15. The van der Waals surface area contributed by atoms with Gasteiger partial charge < -0.3 is 0 Å². The quantitative estimate of drug-likeness (QED) is 0.613. The Hall–Kier alpha value is -0.760. The summed E-state index contributed by atoms with van der Waals surface area (Å²) in [6.07, 6.45) is 0. The molecule has 1 aromatic carbocycles. The van der Waals surface area contributed by atoms with Crippen LogP contribution >= 0.6 is 7.82 Å². The van der Waals surface area contributed by atoms with Crippen LogP contribution in [0.2, 0.25) is 0 Å². The zero-order valence-electron chi connectivity index (χ0n) is 11.4. The van der Waals surface area contributed by atoms with Gasteiger partial charge in [-0.3, -0.25) is 17.8 Å². The fourth-order valence-corrected chi connectivity index (χ4v) is 4.52. The van der Waals surface area contributed by atoms with Crippen molar-refractivity contribution in [1.82, 2.24) is 0 Å². The highest BCUT2D eigenvalue weighted by atomic mass is 32.2. The predicted molar refractivity (Wildman–Crippen MR) is 72.2 cm³/mol. The molecule has 0 N–H and O–H groups in total. The van der Waals surface area contributed by atoms with Gasteiger partial charge in [0.25, 0.3) is 10.1 Å². The third-order valence-electron chi connectivity index (χ3n) is 3.42. The Morgan fingerprint density at radius 1 is 1.14 bits per heavy atom. The van der Waals surface area contributed by atoms with E-state index in [0.29, 0.717) is 0 Å². The molecule has 0 radical (unpaired) electrons. The van der Waals surface area contributed by atoms with E-state index in [1.54, 1.807) is 12.1 Å². The maximum Gasteiger partial charge on any atom is 0.474 e. The van der Waals surface area contributed by atoms with E-state index >= 15 is 0 Å². The van der Waals surface area contributed by atoms with Gasteiger partial charge in [-0.2, -0.15) is 8.42 Å². The minimum Gasteiger partial charge on any atom is -0.286 e. The molecule has 7 nitrogen and oxygen atoms in total. The molecule has 0 spiro atoms.